The monoisotopic (exact) mass is 205 g/mol. The van der Waals surface area contributed by atoms with Crippen molar-refractivity contribution < 1.29 is 0 Å². The van der Waals surface area contributed by atoms with Gasteiger partial charge in [0.15, 0.2) is 0 Å². The van der Waals surface area contributed by atoms with E-state index in [1.807, 2.05) is 0 Å². The molecule has 0 saturated heterocycles. The van der Waals surface area contributed by atoms with Gasteiger partial charge in [-0.3, -0.25) is 0 Å². The summed E-state index contributed by atoms with van der Waals surface area (Å²) in [6.07, 6.45) is 0. The van der Waals surface area contributed by atoms with Crippen molar-refractivity contribution >= 4 is 21.4 Å². The Balaban J connectivity index is 2.53. The lowest BCUT2D eigenvalue weighted by Crippen LogP contribution is -2.15. The van der Waals surface area contributed by atoms with Crippen LogP contribution >= 0.6 is 11.3 Å². The van der Waals surface area contributed by atoms with Crippen LogP contribution in [0.3, 0.4) is 0 Å². The van der Waals surface area contributed by atoms with Crippen molar-refractivity contribution in [2.75, 3.05) is 0 Å². The van der Waals surface area contributed by atoms with E-state index in [0.29, 0.717) is 5.92 Å². The smallest absolute Gasteiger partial charge is 0.0346 e. The van der Waals surface area contributed by atoms with Gasteiger partial charge in [0.1, 0.15) is 0 Å². The second kappa shape index (κ2) is 3.71. The second-order valence-corrected chi connectivity index (χ2v) is 4.87. The molecule has 0 radical (unpaired) electrons. The third-order valence-corrected chi connectivity index (χ3v) is 3.57. The zero-order valence-electron chi connectivity index (χ0n) is 8.53. The van der Waals surface area contributed by atoms with Gasteiger partial charge >= 0.3 is 0 Å². The molecule has 1 aromatic carbocycles. The number of thiophene rings is 1. The van der Waals surface area contributed by atoms with E-state index in [1.165, 1.54) is 15.6 Å². The van der Waals surface area contributed by atoms with Gasteiger partial charge in [-0.25, -0.2) is 0 Å². The van der Waals surface area contributed by atoms with E-state index in [4.69, 9.17) is 5.73 Å². The van der Waals surface area contributed by atoms with Crippen molar-refractivity contribution in [3.05, 3.63) is 35.2 Å². The molecule has 0 fully saturated rings. The van der Waals surface area contributed by atoms with Crippen molar-refractivity contribution in [1.82, 2.24) is 0 Å². The first-order valence-electron chi connectivity index (χ1n) is 4.92. The SMILES string of the molecule is CC(C)C(N)c1csc2ccccc12. The average Bonchev–Trinajstić information content (AvgIpc) is 2.60. The molecule has 0 aliphatic heterocycles. The van der Waals surface area contributed by atoms with Crippen LogP contribution in [-0.2, 0) is 0 Å². The molecule has 1 nitrogen and oxygen atoms in total. The Morgan fingerprint density at radius 1 is 1.21 bits per heavy atom. The molecule has 0 amide bonds. The highest BCUT2D eigenvalue weighted by atomic mass is 32.1. The van der Waals surface area contributed by atoms with Crippen LogP contribution in [0.2, 0.25) is 0 Å². The summed E-state index contributed by atoms with van der Waals surface area (Å²) in [5.41, 5.74) is 7.45. The van der Waals surface area contributed by atoms with E-state index < -0.39 is 0 Å². The quantitative estimate of drug-likeness (QED) is 0.797. The standard InChI is InChI=1S/C12H15NS/c1-8(2)12(13)10-7-14-11-6-4-3-5-9(10)11/h3-8,12H,13H2,1-2H3. The van der Waals surface area contributed by atoms with E-state index in [9.17, 15) is 0 Å². The van der Waals surface area contributed by atoms with Crippen molar-refractivity contribution in [2.45, 2.75) is 19.9 Å². The minimum absolute atomic E-state index is 0.158. The number of rotatable bonds is 2. The van der Waals surface area contributed by atoms with E-state index in [-0.39, 0.29) is 6.04 Å². The third-order valence-electron chi connectivity index (χ3n) is 2.59. The topological polar surface area (TPSA) is 26.0 Å². The average molecular weight is 205 g/mol. The van der Waals surface area contributed by atoms with Crippen LogP contribution in [0.15, 0.2) is 29.6 Å². The zero-order chi connectivity index (χ0) is 10.1. The predicted molar refractivity (Wildman–Crippen MR) is 63.6 cm³/mol. The fourth-order valence-corrected chi connectivity index (χ4v) is 2.62. The highest BCUT2D eigenvalue weighted by Gasteiger charge is 2.14. The summed E-state index contributed by atoms with van der Waals surface area (Å²) in [6.45, 7) is 4.33. The molecular weight excluding hydrogens is 190 g/mol. The largest absolute Gasteiger partial charge is 0.324 e. The van der Waals surface area contributed by atoms with Gasteiger partial charge in [-0.1, -0.05) is 32.0 Å². The first-order chi connectivity index (χ1) is 6.70. The summed E-state index contributed by atoms with van der Waals surface area (Å²) >= 11 is 1.78. The maximum absolute atomic E-state index is 6.15. The van der Waals surface area contributed by atoms with Crippen LogP contribution in [0.5, 0.6) is 0 Å². The number of nitrogens with two attached hydrogens (primary N) is 1. The fourth-order valence-electron chi connectivity index (χ4n) is 1.62. The molecule has 1 heterocycles. The fraction of sp³-hybridized carbons (Fsp3) is 0.333. The van der Waals surface area contributed by atoms with Crippen molar-refractivity contribution in [1.29, 1.82) is 0 Å². The molecule has 0 saturated carbocycles. The molecule has 0 bridgehead atoms. The molecule has 1 unspecified atom stereocenters. The summed E-state index contributed by atoms with van der Waals surface area (Å²) in [5, 5.41) is 3.51. The number of fused-ring (bicyclic) bond motifs is 1. The van der Waals surface area contributed by atoms with Gasteiger partial charge in [-0.15, -0.1) is 11.3 Å². The first kappa shape index (κ1) is 9.69. The van der Waals surface area contributed by atoms with Crippen LogP contribution in [0.25, 0.3) is 10.1 Å². The Morgan fingerprint density at radius 3 is 2.64 bits per heavy atom. The Hall–Kier alpha value is -0.860. The van der Waals surface area contributed by atoms with E-state index in [1.54, 1.807) is 11.3 Å². The van der Waals surface area contributed by atoms with Crippen molar-refractivity contribution in [2.24, 2.45) is 11.7 Å². The molecule has 2 heteroatoms. The number of hydrogen-bond acceptors (Lipinski definition) is 2. The minimum atomic E-state index is 0.158. The van der Waals surface area contributed by atoms with Gasteiger partial charge in [0, 0.05) is 10.7 Å². The molecule has 2 N–H and O–H groups in total. The summed E-state index contributed by atoms with van der Waals surface area (Å²) < 4.78 is 1.33. The Morgan fingerprint density at radius 2 is 1.93 bits per heavy atom. The summed E-state index contributed by atoms with van der Waals surface area (Å²) in [5.74, 6) is 0.494. The molecule has 2 aromatic rings. The molecule has 0 spiro atoms. The Bertz CT molecular complexity index is 431. The highest BCUT2D eigenvalue weighted by Crippen LogP contribution is 2.31. The normalized spacial score (nSPS) is 13.7. The molecule has 2 rings (SSSR count). The van der Waals surface area contributed by atoms with Crippen LogP contribution in [0.4, 0.5) is 0 Å². The van der Waals surface area contributed by atoms with Gasteiger partial charge in [-0.2, -0.15) is 0 Å². The molecule has 14 heavy (non-hydrogen) atoms. The van der Waals surface area contributed by atoms with E-state index in [2.05, 4.69) is 43.5 Å². The van der Waals surface area contributed by atoms with Crippen LogP contribution in [0.1, 0.15) is 25.5 Å². The first-order valence-corrected chi connectivity index (χ1v) is 5.80. The van der Waals surface area contributed by atoms with Crippen LogP contribution in [-0.4, -0.2) is 0 Å². The molecular formula is C12H15NS. The van der Waals surface area contributed by atoms with E-state index >= 15 is 0 Å². The van der Waals surface area contributed by atoms with Gasteiger partial charge < -0.3 is 5.73 Å². The van der Waals surface area contributed by atoms with Gasteiger partial charge in [0.25, 0.3) is 0 Å². The lowest BCUT2D eigenvalue weighted by Gasteiger charge is -2.14. The van der Waals surface area contributed by atoms with Gasteiger partial charge in [0.05, 0.1) is 0 Å². The lowest BCUT2D eigenvalue weighted by molar-refractivity contribution is 0.518. The highest BCUT2D eigenvalue weighted by molar-refractivity contribution is 7.17. The molecule has 0 aliphatic carbocycles. The maximum atomic E-state index is 6.15. The van der Waals surface area contributed by atoms with Crippen LogP contribution in [0, 0.1) is 5.92 Å². The molecule has 0 aliphatic rings. The summed E-state index contributed by atoms with van der Waals surface area (Å²) in [7, 11) is 0. The molecule has 1 aromatic heterocycles. The lowest BCUT2D eigenvalue weighted by atomic mass is 9.97. The number of hydrogen-bond donors (Lipinski definition) is 1. The summed E-state index contributed by atoms with van der Waals surface area (Å²) in [6, 6.07) is 8.61. The van der Waals surface area contributed by atoms with Crippen molar-refractivity contribution in [3.8, 4) is 0 Å². The predicted octanol–water partition coefficient (Wildman–Crippen LogP) is 3.56. The zero-order valence-corrected chi connectivity index (χ0v) is 9.34. The Kier molecular flexibility index (Phi) is 2.57. The summed E-state index contributed by atoms with van der Waals surface area (Å²) in [4.78, 5) is 0. The minimum Gasteiger partial charge on any atom is -0.324 e. The molecule has 1 atom stereocenters. The molecule has 74 valence electrons. The number of benzene rings is 1. The van der Waals surface area contributed by atoms with Crippen molar-refractivity contribution in [3.63, 3.8) is 0 Å². The second-order valence-electron chi connectivity index (χ2n) is 3.96. The third kappa shape index (κ3) is 1.56. The Labute approximate surface area is 88.6 Å². The van der Waals surface area contributed by atoms with Crippen LogP contribution < -0.4 is 5.73 Å². The maximum Gasteiger partial charge on any atom is 0.0346 e. The van der Waals surface area contributed by atoms with E-state index in [0.717, 1.165) is 0 Å². The van der Waals surface area contributed by atoms with Gasteiger partial charge in [-0.05, 0) is 28.3 Å². The van der Waals surface area contributed by atoms with Gasteiger partial charge in [0.2, 0.25) is 0 Å².